The Hall–Kier alpha value is -2.52. The minimum absolute atomic E-state index is 0.209. The number of anilines is 1. The van der Waals surface area contributed by atoms with Gasteiger partial charge in [-0.1, -0.05) is 0 Å². The Kier molecular flexibility index (Phi) is 5.56. The fraction of sp³-hybridized carbons (Fsp3) is 0.438. The monoisotopic (exact) mass is 348 g/mol. The lowest BCUT2D eigenvalue weighted by atomic mass is 10.2. The van der Waals surface area contributed by atoms with Crippen molar-refractivity contribution in [1.82, 2.24) is 25.0 Å². The Morgan fingerprint density at radius 3 is 2.88 bits per heavy atom. The highest BCUT2D eigenvalue weighted by Gasteiger charge is 2.17. The van der Waals surface area contributed by atoms with Gasteiger partial charge in [-0.3, -0.25) is 4.90 Å². The average molecular weight is 348 g/mol. The van der Waals surface area contributed by atoms with E-state index < -0.39 is 5.82 Å². The smallest absolute Gasteiger partial charge is 0.319 e. The third kappa shape index (κ3) is 4.52. The normalized spacial score (nSPS) is 16.4. The summed E-state index contributed by atoms with van der Waals surface area (Å²) in [6, 6.07) is 4.25. The van der Waals surface area contributed by atoms with Crippen LogP contribution >= 0.6 is 0 Å². The Morgan fingerprint density at radius 2 is 2.20 bits per heavy atom. The van der Waals surface area contributed by atoms with E-state index in [1.54, 1.807) is 6.07 Å². The average Bonchev–Trinajstić information content (AvgIpc) is 3.15. The third-order valence-electron chi connectivity index (χ3n) is 4.10. The molecule has 25 heavy (non-hydrogen) atoms. The molecule has 2 aromatic rings. The first-order valence-corrected chi connectivity index (χ1v) is 8.14. The third-order valence-corrected chi connectivity index (χ3v) is 4.10. The first-order valence-electron chi connectivity index (χ1n) is 8.14. The molecule has 1 aromatic carbocycles. The van der Waals surface area contributed by atoms with E-state index in [0.717, 1.165) is 13.1 Å². The Morgan fingerprint density at radius 1 is 1.40 bits per heavy atom. The van der Waals surface area contributed by atoms with Gasteiger partial charge in [0.25, 0.3) is 0 Å². The van der Waals surface area contributed by atoms with Crippen molar-refractivity contribution < 1.29 is 13.9 Å². The molecule has 1 aromatic heterocycles. The van der Waals surface area contributed by atoms with Crippen molar-refractivity contribution in [3.63, 3.8) is 0 Å². The predicted octanol–water partition coefficient (Wildman–Crippen LogP) is 1.25. The molecule has 2 heterocycles. The van der Waals surface area contributed by atoms with Gasteiger partial charge in [0.1, 0.15) is 18.3 Å². The lowest BCUT2D eigenvalue weighted by molar-refractivity contribution is 0.0209. The highest BCUT2D eigenvalue weighted by molar-refractivity contribution is 5.89. The van der Waals surface area contributed by atoms with Gasteiger partial charge in [-0.2, -0.15) is 5.10 Å². The largest absolute Gasteiger partial charge is 0.379 e. The molecule has 1 atom stereocenters. The van der Waals surface area contributed by atoms with Crippen molar-refractivity contribution in [1.29, 1.82) is 0 Å². The minimum atomic E-state index is -0.495. The first kappa shape index (κ1) is 17.3. The topological polar surface area (TPSA) is 84.3 Å². The van der Waals surface area contributed by atoms with Crippen LogP contribution in [-0.4, -0.2) is 64.6 Å². The van der Waals surface area contributed by atoms with Crippen molar-refractivity contribution in [2.24, 2.45) is 0 Å². The number of urea groups is 1. The van der Waals surface area contributed by atoms with Crippen molar-refractivity contribution in [3.8, 4) is 5.69 Å². The lowest BCUT2D eigenvalue weighted by Gasteiger charge is -2.32. The van der Waals surface area contributed by atoms with Crippen molar-refractivity contribution in [3.05, 3.63) is 36.7 Å². The number of hydrogen-bond acceptors (Lipinski definition) is 5. The molecule has 3 rings (SSSR count). The summed E-state index contributed by atoms with van der Waals surface area (Å²) in [7, 11) is 0. The number of ether oxygens (including phenoxy) is 1. The highest BCUT2D eigenvalue weighted by atomic mass is 19.1. The van der Waals surface area contributed by atoms with Gasteiger partial charge in [0.15, 0.2) is 5.82 Å². The number of nitrogens with zero attached hydrogens (tertiary/aromatic N) is 4. The van der Waals surface area contributed by atoms with Crippen LogP contribution in [0, 0.1) is 5.82 Å². The van der Waals surface area contributed by atoms with Crippen LogP contribution in [0.15, 0.2) is 30.9 Å². The van der Waals surface area contributed by atoms with Crippen LogP contribution in [-0.2, 0) is 4.74 Å². The van der Waals surface area contributed by atoms with Gasteiger partial charge in [-0.25, -0.2) is 18.9 Å². The van der Waals surface area contributed by atoms with E-state index in [0.29, 0.717) is 25.4 Å². The van der Waals surface area contributed by atoms with Crippen LogP contribution in [0.5, 0.6) is 0 Å². The Bertz CT molecular complexity index is 703. The molecular weight excluding hydrogens is 327 g/mol. The summed E-state index contributed by atoms with van der Waals surface area (Å²) in [5.74, 6) is -0.495. The molecule has 1 aliphatic heterocycles. The number of carbonyl (C=O) groups is 1. The van der Waals surface area contributed by atoms with Gasteiger partial charge in [0.2, 0.25) is 0 Å². The summed E-state index contributed by atoms with van der Waals surface area (Å²) in [5, 5.41) is 9.33. The highest BCUT2D eigenvalue weighted by Crippen LogP contribution is 2.17. The summed E-state index contributed by atoms with van der Waals surface area (Å²) in [5.41, 5.74) is 0.641. The maximum absolute atomic E-state index is 14.1. The van der Waals surface area contributed by atoms with Crippen LogP contribution in [0.3, 0.4) is 0 Å². The molecule has 134 valence electrons. The summed E-state index contributed by atoms with van der Waals surface area (Å²) in [6.07, 6.45) is 2.74. The maximum atomic E-state index is 14.1. The molecule has 2 N–H and O–H groups in total. The van der Waals surface area contributed by atoms with Crippen molar-refractivity contribution in [2.45, 2.75) is 13.0 Å². The van der Waals surface area contributed by atoms with Gasteiger partial charge in [-0.05, 0) is 25.1 Å². The van der Waals surface area contributed by atoms with E-state index in [1.165, 1.54) is 29.5 Å². The van der Waals surface area contributed by atoms with Gasteiger partial charge in [0.05, 0.1) is 13.2 Å². The zero-order valence-corrected chi connectivity index (χ0v) is 14.0. The zero-order chi connectivity index (χ0) is 17.6. The second kappa shape index (κ2) is 8.04. The number of amides is 2. The van der Waals surface area contributed by atoms with E-state index in [2.05, 4.69) is 32.5 Å². The zero-order valence-electron chi connectivity index (χ0n) is 14.0. The summed E-state index contributed by atoms with van der Waals surface area (Å²) in [6.45, 7) is 5.71. The summed E-state index contributed by atoms with van der Waals surface area (Å²) in [4.78, 5) is 18.1. The molecule has 0 unspecified atom stereocenters. The molecule has 0 saturated carbocycles. The molecule has 8 nitrogen and oxygen atoms in total. The number of rotatable bonds is 5. The number of aromatic nitrogens is 3. The number of benzene rings is 1. The van der Waals surface area contributed by atoms with Gasteiger partial charge in [-0.15, -0.1) is 0 Å². The van der Waals surface area contributed by atoms with Crippen LogP contribution in [0.2, 0.25) is 0 Å². The molecule has 0 radical (unpaired) electrons. The first-order chi connectivity index (χ1) is 12.1. The van der Waals surface area contributed by atoms with E-state index in [-0.39, 0.29) is 17.8 Å². The molecule has 0 spiro atoms. The SMILES string of the molecule is C[C@H](CNC(=O)Nc1ccc(-n2cncn2)c(F)c1)N1CCOCC1. The van der Waals surface area contributed by atoms with Gasteiger partial charge >= 0.3 is 6.03 Å². The van der Waals surface area contributed by atoms with E-state index in [9.17, 15) is 9.18 Å². The molecule has 1 fully saturated rings. The quantitative estimate of drug-likeness (QED) is 0.850. The van der Waals surface area contributed by atoms with E-state index in [4.69, 9.17) is 4.74 Å². The Labute approximate surface area is 145 Å². The molecular formula is C16H21FN6O2. The Balaban J connectivity index is 1.51. The molecule has 1 aliphatic rings. The lowest BCUT2D eigenvalue weighted by Crippen LogP contribution is -2.47. The van der Waals surface area contributed by atoms with E-state index >= 15 is 0 Å². The molecule has 2 amide bonds. The summed E-state index contributed by atoms with van der Waals surface area (Å²) >= 11 is 0. The number of morpholine rings is 1. The van der Waals surface area contributed by atoms with Gasteiger partial charge < -0.3 is 15.4 Å². The second-order valence-electron chi connectivity index (χ2n) is 5.84. The minimum Gasteiger partial charge on any atom is -0.379 e. The van der Waals surface area contributed by atoms with E-state index in [1.807, 2.05) is 0 Å². The van der Waals surface area contributed by atoms with Crippen LogP contribution in [0.25, 0.3) is 5.69 Å². The second-order valence-corrected chi connectivity index (χ2v) is 5.84. The maximum Gasteiger partial charge on any atom is 0.319 e. The molecule has 1 saturated heterocycles. The number of nitrogens with one attached hydrogen (secondary N) is 2. The number of halogens is 1. The van der Waals surface area contributed by atoms with Crippen molar-refractivity contribution >= 4 is 11.7 Å². The summed E-state index contributed by atoms with van der Waals surface area (Å²) < 4.78 is 20.8. The number of hydrogen-bond donors (Lipinski definition) is 2. The van der Waals surface area contributed by atoms with Crippen molar-refractivity contribution in [2.75, 3.05) is 38.2 Å². The van der Waals surface area contributed by atoms with Crippen LogP contribution in [0.4, 0.5) is 14.9 Å². The predicted molar refractivity (Wildman–Crippen MR) is 90.2 cm³/mol. The van der Waals surface area contributed by atoms with Crippen LogP contribution in [0.1, 0.15) is 6.92 Å². The number of carbonyl (C=O) groups excluding carboxylic acids is 1. The molecule has 0 bridgehead atoms. The molecule has 0 aliphatic carbocycles. The van der Waals surface area contributed by atoms with Gasteiger partial charge in [0, 0.05) is 31.4 Å². The fourth-order valence-electron chi connectivity index (χ4n) is 2.67. The fourth-order valence-corrected chi connectivity index (χ4v) is 2.67. The van der Waals surface area contributed by atoms with Crippen LogP contribution < -0.4 is 10.6 Å². The standard InChI is InChI=1S/C16H21FN6O2/c1-12(22-4-6-25-7-5-22)9-19-16(24)21-13-2-3-15(14(17)8-13)23-11-18-10-20-23/h2-3,8,10-12H,4-7,9H2,1H3,(H2,19,21,24)/t12-/m1/s1. The molecule has 9 heteroatoms.